The number of pyridine rings is 1. The normalized spacial score (nSPS) is 19.5. The van der Waals surface area contributed by atoms with E-state index in [2.05, 4.69) is 38.7 Å². The molecule has 4 rings (SSSR count). The van der Waals surface area contributed by atoms with Gasteiger partial charge in [-0.25, -0.2) is 9.78 Å². The van der Waals surface area contributed by atoms with Crippen molar-refractivity contribution in [2.24, 2.45) is 0 Å². The van der Waals surface area contributed by atoms with Crippen molar-refractivity contribution >= 4 is 17.5 Å². The molecule has 1 aliphatic heterocycles. The Balaban J connectivity index is 1.36. The largest absolute Gasteiger partial charge is 0.378 e. The molecule has 0 bridgehead atoms. The number of hydrogen-bond donors (Lipinski definition) is 2. The summed E-state index contributed by atoms with van der Waals surface area (Å²) in [6.07, 6.45) is 4.86. The number of carbonyl (C=O) groups is 1. The molecule has 1 fully saturated rings. The van der Waals surface area contributed by atoms with E-state index < -0.39 is 0 Å². The van der Waals surface area contributed by atoms with Crippen LogP contribution >= 0.6 is 0 Å². The van der Waals surface area contributed by atoms with Crippen LogP contribution in [0.2, 0.25) is 0 Å². The quantitative estimate of drug-likeness (QED) is 0.891. The average molecular weight is 352 g/mol. The summed E-state index contributed by atoms with van der Waals surface area (Å²) in [5.74, 6) is 0.917. The molecule has 26 heavy (non-hydrogen) atoms. The van der Waals surface area contributed by atoms with Gasteiger partial charge in [0.25, 0.3) is 0 Å². The van der Waals surface area contributed by atoms with Crippen LogP contribution in [0.3, 0.4) is 0 Å². The van der Waals surface area contributed by atoms with Gasteiger partial charge < -0.3 is 20.3 Å². The van der Waals surface area contributed by atoms with Crippen LogP contribution in [-0.4, -0.2) is 37.3 Å². The third kappa shape index (κ3) is 3.80. The molecule has 1 saturated heterocycles. The minimum Gasteiger partial charge on any atom is -0.378 e. The lowest BCUT2D eigenvalue weighted by atomic mass is 9.88. The predicted molar refractivity (Wildman–Crippen MR) is 102 cm³/mol. The van der Waals surface area contributed by atoms with Crippen LogP contribution in [0.5, 0.6) is 0 Å². The lowest BCUT2D eigenvalue weighted by Crippen LogP contribution is -2.36. The van der Waals surface area contributed by atoms with Gasteiger partial charge in [-0.15, -0.1) is 0 Å². The second-order valence-electron chi connectivity index (χ2n) is 6.75. The summed E-state index contributed by atoms with van der Waals surface area (Å²) in [5, 5.41) is 5.99. The number of nitrogens with zero attached hydrogens (tertiary/aromatic N) is 2. The Morgan fingerprint density at radius 2 is 2.00 bits per heavy atom. The first kappa shape index (κ1) is 16.8. The number of hydrogen-bond acceptors (Lipinski definition) is 4. The summed E-state index contributed by atoms with van der Waals surface area (Å²) in [6, 6.07) is 12.1. The van der Waals surface area contributed by atoms with E-state index in [9.17, 15) is 4.79 Å². The van der Waals surface area contributed by atoms with Gasteiger partial charge in [-0.3, -0.25) is 0 Å². The van der Waals surface area contributed by atoms with Crippen LogP contribution in [0, 0.1) is 0 Å². The molecule has 2 heterocycles. The van der Waals surface area contributed by atoms with E-state index in [4.69, 9.17) is 4.74 Å². The number of anilines is 2. The summed E-state index contributed by atoms with van der Waals surface area (Å²) in [7, 11) is 0. The third-order valence-corrected chi connectivity index (χ3v) is 5.02. The minimum atomic E-state index is -0.187. The highest BCUT2D eigenvalue weighted by Gasteiger charge is 2.21. The number of aryl methyl sites for hydroxylation is 1. The number of fused-ring (bicyclic) bond motifs is 1. The highest BCUT2D eigenvalue weighted by atomic mass is 16.5. The van der Waals surface area contributed by atoms with Gasteiger partial charge in [-0.2, -0.15) is 0 Å². The molecule has 0 spiro atoms. The minimum absolute atomic E-state index is 0.0699. The molecule has 0 saturated carbocycles. The van der Waals surface area contributed by atoms with E-state index >= 15 is 0 Å². The van der Waals surface area contributed by atoms with Crippen molar-refractivity contribution in [2.45, 2.75) is 25.3 Å². The number of rotatable bonds is 3. The number of carbonyl (C=O) groups excluding carboxylic acids is 1. The first-order chi connectivity index (χ1) is 12.8. The molecule has 136 valence electrons. The Morgan fingerprint density at radius 3 is 2.81 bits per heavy atom. The average Bonchev–Trinajstić information content (AvgIpc) is 2.69. The maximum absolute atomic E-state index is 12.4. The molecule has 2 aromatic rings. The van der Waals surface area contributed by atoms with Crippen LogP contribution in [0.25, 0.3) is 0 Å². The second-order valence-corrected chi connectivity index (χ2v) is 6.75. The standard InChI is InChI=1S/C20H24N4O2/c25-20(23-18-7-3-5-15-4-1-2-6-17(15)18)22-16-8-9-19(21-14-16)24-10-12-26-13-11-24/h1-2,4,6,8-9,14,18H,3,5,7,10-13H2,(H2,22,23,25)/t18-/m1/s1. The van der Waals surface area contributed by atoms with E-state index in [1.807, 2.05) is 18.2 Å². The maximum Gasteiger partial charge on any atom is 0.319 e. The van der Waals surface area contributed by atoms with Crippen molar-refractivity contribution in [3.63, 3.8) is 0 Å². The Kier molecular flexibility index (Phi) is 5.02. The SMILES string of the molecule is O=C(Nc1ccc(N2CCOCC2)nc1)N[C@@H]1CCCc2ccccc21. The van der Waals surface area contributed by atoms with Gasteiger partial charge in [0.1, 0.15) is 5.82 Å². The molecule has 0 radical (unpaired) electrons. The van der Waals surface area contributed by atoms with Gasteiger partial charge in [0.15, 0.2) is 0 Å². The van der Waals surface area contributed by atoms with Gasteiger partial charge in [0, 0.05) is 13.1 Å². The van der Waals surface area contributed by atoms with Crippen LogP contribution in [0.1, 0.15) is 30.0 Å². The summed E-state index contributed by atoms with van der Waals surface area (Å²) in [6.45, 7) is 3.16. The van der Waals surface area contributed by atoms with Crippen molar-refractivity contribution < 1.29 is 9.53 Å². The molecule has 1 aliphatic carbocycles. The van der Waals surface area contributed by atoms with E-state index in [-0.39, 0.29) is 12.1 Å². The van der Waals surface area contributed by atoms with E-state index in [1.54, 1.807) is 6.20 Å². The highest BCUT2D eigenvalue weighted by Crippen LogP contribution is 2.29. The first-order valence-corrected chi connectivity index (χ1v) is 9.24. The third-order valence-electron chi connectivity index (χ3n) is 5.02. The lowest BCUT2D eigenvalue weighted by Gasteiger charge is -2.28. The van der Waals surface area contributed by atoms with Gasteiger partial charge in [0.05, 0.1) is 31.1 Å². The Labute approximate surface area is 153 Å². The van der Waals surface area contributed by atoms with Crippen LogP contribution in [0.4, 0.5) is 16.3 Å². The molecule has 2 aliphatic rings. The summed E-state index contributed by atoms with van der Waals surface area (Å²) in [4.78, 5) is 19.1. The maximum atomic E-state index is 12.4. The van der Waals surface area contributed by atoms with Crippen molar-refractivity contribution in [3.8, 4) is 0 Å². The van der Waals surface area contributed by atoms with Crippen molar-refractivity contribution in [1.29, 1.82) is 0 Å². The molecule has 2 amide bonds. The summed E-state index contributed by atoms with van der Waals surface area (Å²) >= 11 is 0. The van der Waals surface area contributed by atoms with E-state index in [0.717, 1.165) is 51.4 Å². The molecule has 1 atom stereocenters. The Hall–Kier alpha value is -2.60. The van der Waals surface area contributed by atoms with Crippen molar-refractivity contribution in [2.75, 3.05) is 36.5 Å². The fourth-order valence-electron chi connectivity index (χ4n) is 3.67. The first-order valence-electron chi connectivity index (χ1n) is 9.24. The smallest absolute Gasteiger partial charge is 0.319 e. The molecular weight excluding hydrogens is 328 g/mol. The second kappa shape index (κ2) is 7.74. The molecule has 1 aromatic carbocycles. The fourth-order valence-corrected chi connectivity index (χ4v) is 3.67. The molecule has 0 unspecified atom stereocenters. The lowest BCUT2D eigenvalue weighted by molar-refractivity contribution is 0.122. The Bertz CT molecular complexity index is 757. The van der Waals surface area contributed by atoms with Crippen molar-refractivity contribution in [1.82, 2.24) is 10.3 Å². The number of nitrogens with one attached hydrogen (secondary N) is 2. The summed E-state index contributed by atoms with van der Waals surface area (Å²) < 4.78 is 5.36. The van der Waals surface area contributed by atoms with Crippen LogP contribution < -0.4 is 15.5 Å². The monoisotopic (exact) mass is 352 g/mol. The molecule has 6 nitrogen and oxygen atoms in total. The fraction of sp³-hybridized carbons (Fsp3) is 0.400. The highest BCUT2D eigenvalue weighted by molar-refractivity contribution is 5.89. The number of amides is 2. The number of ether oxygens (including phenoxy) is 1. The number of morpholine rings is 1. The Morgan fingerprint density at radius 1 is 1.15 bits per heavy atom. The number of urea groups is 1. The van der Waals surface area contributed by atoms with E-state index in [1.165, 1.54) is 11.1 Å². The number of aromatic nitrogens is 1. The predicted octanol–water partition coefficient (Wildman–Crippen LogP) is 3.12. The van der Waals surface area contributed by atoms with Crippen LogP contribution in [0.15, 0.2) is 42.6 Å². The zero-order chi connectivity index (χ0) is 17.8. The van der Waals surface area contributed by atoms with Crippen molar-refractivity contribution in [3.05, 3.63) is 53.7 Å². The molecule has 1 aromatic heterocycles. The van der Waals surface area contributed by atoms with Gasteiger partial charge >= 0.3 is 6.03 Å². The topological polar surface area (TPSA) is 66.5 Å². The number of benzene rings is 1. The van der Waals surface area contributed by atoms with Gasteiger partial charge in [-0.1, -0.05) is 24.3 Å². The zero-order valence-electron chi connectivity index (χ0n) is 14.8. The van der Waals surface area contributed by atoms with Gasteiger partial charge in [0.2, 0.25) is 0 Å². The summed E-state index contributed by atoms with van der Waals surface area (Å²) in [5.41, 5.74) is 3.26. The molecule has 2 N–H and O–H groups in total. The zero-order valence-corrected chi connectivity index (χ0v) is 14.8. The van der Waals surface area contributed by atoms with E-state index in [0.29, 0.717) is 5.69 Å². The van der Waals surface area contributed by atoms with Gasteiger partial charge in [-0.05, 0) is 42.5 Å². The van der Waals surface area contributed by atoms with Crippen LogP contribution in [-0.2, 0) is 11.2 Å². The molecule has 6 heteroatoms. The molecular formula is C20H24N4O2.